The number of thiophene rings is 1. The lowest BCUT2D eigenvalue weighted by Crippen LogP contribution is -1.93. The van der Waals surface area contributed by atoms with E-state index in [0.29, 0.717) is 0 Å². The molecule has 4 heteroatoms. The highest BCUT2D eigenvalue weighted by molar-refractivity contribution is 7.25. The Morgan fingerprint density at radius 1 is 0.413 bits per heavy atom. The molecule has 0 unspecified atom stereocenters. The minimum atomic E-state index is 0.911. The van der Waals surface area contributed by atoms with Crippen LogP contribution in [0.3, 0.4) is 0 Å². The zero-order chi connectivity index (χ0) is 29.9. The summed E-state index contributed by atoms with van der Waals surface area (Å²) in [5.41, 5.74) is 9.56. The molecule has 0 aliphatic rings. The van der Waals surface area contributed by atoms with Crippen molar-refractivity contribution in [3.05, 3.63) is 140 Å². The topological polar surface area (TPSA) is 31.2 Å². The van der Waals surface area contributed by atoms with Gasteiger partial charge in [0.25, 0.3) is 0 Å². The molecule has 0 spiro atoms. The summed E-state index contributed by atoms with van der Waals surface area (Å²) in [6, 6.07) is 50.0. The lowest BCUT2D eigenvalue weighted by atomic mass is 9.98. The van der Waals surface area contributed by atoms with Gasteiger partial charge in [-0.3, -0.25) is 0 Å². The average Bonchev–Trinajstić information content (AvgIpc) is 3.85. The Balaban J connectivity index is 1.12. The summed E-state index contributed by atoms with van der Waals surface area (Å²) < 4.78 is 17.5. The van der Waals surface area contributed by atoms with Gasteiger partial charge in [-0.05, 0) is 65.7 Å². The third-order valence-electron chi connectivity index (χ3n) is 9.60. The number of rotatable bonds is 2. The van der Waals surface area contributed by atoms with Crippen LogP contribution in [-0.2, 0) is 0 Å². The van der Waals surface area contributed by atoms with Gasteiger partial charge in [-0.15, -0.1) is 11.3 Å². The number of para-hydroxylation sites is 3. The molecule has 0 aliphatic heterocycles. The highest BCUT2D eigenvalue weighted by Crippen LogP contribution is 2.43. The van der Waals surface area contributed by atoms with Crippen molar-refractivity contribution in [2.24, 2.45) is 0 Å². The third-order valence-corrected chi connectivity index (χ3v) is 10.7. The second kappa shape index (κ2) is 8.87. The van der Waals surface area contributed by atoms with Crippen LogP contribution in [0.2, 0.25) is 0 Å². The summed E-state index contributed by atoms with van der Waals surface area (Å²) >= 11 is 1.85. The van der Waals surface area contributed by atoms with Crippen molar-refractivity contribution in [2.75, 3.05) is 0 Å². The molecule has 3 nitrogen and oxygen atoms in total. The molecule has 214 valence electrons. The summed E-state index contributed by atoms with van der Waals surface area (Å²) in [4.78, 5) is 0. The number of nitrogens with zero attached hydrogens (tertiary/aromatic N) is 1. The fraction of sp³-hybridized carbons (Fsp3) is 0. The van der Waals surface area contributed by atoms with Crippen LogP contribution in [-0.4, -0.2) is 4.57 Å². The molecule has 0 aliphatic carbocycles. The van der Waals surface area contributed by atoms with Gasteiger partial charge >= 0.3 is 0 Å². The molecule has 0 fully saturated rings. The lowest BCUT2D eigenvalue weighted by Gasteiger charge is -2.08. The molecule has 0 N–H and O–H groups in total. The van der Waals surface area contributed by atoms with Crippen molar-refractivity contribution in [2.45, 2.75) is 0 Å². The maximum atomic E-state index is 6.33. The Bertz CT molecular complexity index is 3040. The smallest absolute Gasteiger partial charge is 0.137 e. The number of furan rings is 2. The van der Waals surface area contributed by atoms with Crippen LogP contribution < -0.4 is 0 Å². The summed E-state index contributed by atoms with van der Waals surface area (Å²) in [6.07, 6.45) is 0. The fourth-order valence-electron chi connectivity index (χ4n) is 7.55. The lowest BCUT2D eigenvalue weighted by molar-refractivity contribution is 0.668. The molecule has 11 rings (SSSR count). The van der Waals surface area contributed by atoms with Gasteiger partial charge in [0.05, 0.1) is 11.0 Å². The molecule has 0 saturated carbocycles. The van der Waals surface area contributed by atoms with Crippen LogP contribution in [0.5, 0.6) is 0 Å². The zero-order valence-corrected chi connectivity index (χ0v) is 25.3. The number of hydrogen-bond donors (Lipinski definition) is 0. The molecule has 0 radical (unpaired) electrons. The second-order valence-electron chi connectivity index (χ2n) is 12.1. The van der Waals surface area contributed by atoms with E-state index in [4.69, 9.17) is 8.83 Å². The Hall–Kier alpha value is -5.84. The molecule has 0 saturated heterocycles. The van der Waals surface area contributed by atoms with Crippen molar-refractivity contribution >= 4 is 97.2 Å². The molecule has 0 amide bonds. The van der Waals surface area contributed by atoms with E-state index in [2.05, 4.69) is 120 Å². The van der Waals surface area contributed by atoms with Gasteiger partial charge in [-0.1, -0.05) is 78.9 Å². The molecule has 46 heavy (non-hydrogen) atoms. The fourth-order valence-corrected chi connectivity index (χ4v) is 8.67. The van der Waals surface area contributed by atoms with E-state index in [9.17, 15) is 0 Å². The maximum absolute atomic E-state index is 6.33. The summed E-state index contributed by atoms with van der Waals surface area (Å²) in [5, 5.41) is 9.65. The Labute approximate surface area is 266 Å². The van der Waals surface area contributed by atoms with E-state index in [1.54, 1.807) is 0 Å². The Kier molecular flexibility index (Phi) is 4.72. The summed E-state index contributed by atoms with van der Waals surface area (Å²) in [6.45, 7) is 0. The van der Waals surface area contributed by atoms with Gasteiger partial charge < -0.3 is 13.4 Å². The summed E-state index contributed by atoms with van der Waals surface area (Å²) in [7, 11) is 0. The third kappa shape index (κ3) is 3.26. The first-order valence-corrected chi connectivity index (χ1v) is 16.3. The first kappa shape index (κ1) is 24.5. The minimum Gasteiger partial charge on any atom is -0.456 e. The van der Waals surface area contributed by atoms with Gasteiger partial charge in [0, 0.05) is 64.2 Å². The van der Waals surface area contributed by atoms with E-state index in [1.807, 2.05) is 35.6 Å². The molecule has 4 heterocycles. The number of fused-ring (bicyclic) bond motifs is 12. The number of hydrogen-bond acceptors (Lipinski definition) is 3. The molecular weight excluding hydrogens is 583 g/mol. The van der Waals surface area contributed by atoms with E-state index in [1.165, 1.54) is 53.0 Å². The molecule has 11 aromatic rings. The summed E-state index contributed by atoms with van der Waals surface area (Å²) in [5.74, 6) is 0. The van der Waals surface area contributed by atoms with E-state index in [-0.39, 0.29) is 0 Å². The molecule has 0 atom stereocenters. The normalized spacial score (nSPS) is 12.3. The van der Waals surface area contributed by atoms with E-state index >= 15 is 0 Å². The van der Waals surface area contributed by atoms with E-state index < -0.39 is 0 Å². The highest BCUT2D eigenvalue weighted by atomic mass is 32.1. The number of benzene rings is 7. The number of aromatic nitrogens is 1. The van der Waals surface area contributed by atoms with Gasteiger partial charge in [0.2, 0.25) is 0 Å². The van der Waals surface area contributed by atoms with Gasteiger partial charge in [0.15, 0.2) is 0 Å². The Morgan fingerprint density at radius 3 is 2.09 bits per heavy atom. The van der Waals surface area contributed by atoms with Crippen LogP contribution in [0.4, 0.5) is 0 Å². The zero-order valence-electron chi connectivity index (χ0n) is 24.5. The predicted octanol–water partition coefficient (Wildman–Crippen LogP) is 12.6. The van der Waals surface area contributed by atoms with Crippen LogP contribution >= 0.6 is 11.3 Å². The standard InChI is InChI=1S/C42H23NO2S/c1-4-12-34-27(8-1)31-22-32-28-9-2-5-13-36(28)45-39(32)23-35(31)43(34)25-17-18-29-33-20-24(16-19-40(33)46-41(29)21-25)26-11-7-15-38-42(26)30-10-3-6-14-37(30)44-38/h1-23H. The van der Waals surface area contributed by atoms with Crippen LogP contribution in [0.15, 0.2) is 148 Å². The first-order chi connectivity index (χ1) is 22.8. The van der Waals surface area contributed by atoms with Crippen LogP contribution in [0.1, 0.15) is 0 Å². The van der Waals surface area contributed by atoms with Crippen molar-refractivity contribution in [3.63, 3.8) is 0 Å². The molecule has 7 aromatic carbocycles. The monoisotopic (exact) mass is 605 g/mol. The van der Waals surface area contributed by atoms with Crippen LogP contribution in [0, 0.1) is 0 Å². The SMILES string of the molecule is c1ccc2c(c1)oc1cc3c(cc12)c1ccccc1n3-c1ccc2c(c1)sc1ccc(-c3cccc4oc5ccccc5c34)cc12. The van der Waals surface area contributed by atoms with Gasteiger partial charge in [-0.2, -0.15) is 0 Å². The van der Waals surface area contributed by atoms with Crippen molar-refractivity contribution in [1.82, 2.24) is 4.57 Å². The highest BCUT2D eigenvalue weighted by Gasteiger charge is 2.18. The van der Waals surface area contributed by atoms with E-state index in [0.717, 1.165) is 49.7 Å². The van der Waals surface area contributed by atoms with Crippen molar-refractivity contribution < 1.29 is 8.83 Å². The van der Waals surface area contributed by atoms with Crippen LogP contribution in [0.25, 0.3) is 103 Å². The quantitative estimate of drug-likeness (QED) is 0.196. The minimum absolute atomic E-state index is 0.911. The first-order valence-electron chi connectivity index (χ1n) is 15.5. The predicted molar refractivity (Wildman–Crippen MR) is 194 cm³/mol. The molecule has 4 aromatic heterocycles. The average molecular weight is 606 g/mol. The Morgan fingerprint density at radius 2 is 1.17 bits per heavy atom. The van der Waals surface area contributed by atoms with Crippen molar-refractivity contribution in [3.8, 4) is 16.8 Å². The molecular formula is C42H23NO2S. The second-order valence-corrected chi connectivity index (χ2v) is 13.2. The molecule has 0 bridgehead atoms. The largest absolute Gasteiger partial charge is 0.456 e. The van der Waals surface area contributed by atoms with Crippen molar-refractivity contribution in [1.29, 1.82) is 0 Å². The van der Waals surface area contributed by atoms with Gasteiger partial charge in [0.1, 0.15) is 22.3 Å². The van der Waals surface area contributed by atoms with Gasteiger partial charge in [-0.25, -0.2) is 0 Å². The maximum Gasteiger partial charge on any atom is 0.137 e.